The van der Waals surface area contributed by atoms with E-state index in [4.69, 9.17) is 9.47 Å². The highest BCUT2D eigenvalue weighted by Gasteiger charge is 2.16. The molecule has 0 atom stereocenters. The largest absolute Gasteiger partial charge is 0.493 e. The lowest BCUT2D eigenvalue weighted by molar-refractivity contribution is -0.120. The highest BCUT2D eigenvalue weighted by molar-refractivity contribution is 5.92. The minimum Gasteiger partial charge on any atom is -0.493 e. The van der Waals surface area contributed by atoms with Gasteiger partial charge in [0, 0.05) is 0 Å². The molecule has 0 radical (unpaired) electrons. The van der Waals surface area contributed by atoms with Crippen LogP contribution < -0.4 is 14.9 Å². The van der Waals surface area contributed by atoms with Crippen molar-refractivity contribution in [2.24, 2.45) is 5.10 Å². The topological polar surface area (TPSA) is 77.0 Å². The first kappa shape index (κ1) is 21.6. The lowest BCUT2D eigenvalue weighted by Crippen LogP contribution is -2.19. The number of ether oxygens (including phenoxy) is 2. The van der Waals surface area contributed by atoms with E-state index in [1.165, 1.54) is 61.9 Å². The van der Waals surface area contributed by atoms with Crippen molar-refractivity contribution < 1.29 is 27.8 Å². The fraction of sp³-hybridized carbons (Fsp3) is 0.0870. The zero-order chi connectivity index (χ0) is 22.2. The Morgan fingerprint density at radius 3 is 2.45 bits per heavy atom. The summed E-state index contributed by atoms with van der Waals surface area (Å²) in [5.41, 5.74) is 3.39. The Hall–Kier alpha value is -4.07. The molecule has 0 bridgehead atoms. The maximum absolute atomic E-state index is 13.7. The highest BCUT2D eigenvalue weighted by Crippen LogP contribution is 2.28. The minimum absolute atomic E-state index is 0.0475. The van der Waals surface area contributed by atoms with Crippen LogP contribution in [0.2, 0.25) is 0 Å². The lowest BCUT2D eigenvalue weighted by Gasteiger charge is -2.10. The van der Waals surface area contributed by atoms with Gasteiger partial charge in [0.1, 0.15) is 11.6 Å². The molecule has 3 aromatic carbocycles. The summed E-state index contributed by atoms with van der Waals surface area (Å²) in [6, 6.07) is 15.7. The van der Waals surface area contributed by atoms with E-state index in [0.29, 0.717) is 11.1 Å². The second kappa shape index (κ2) is 10.1. The first-order chi connectivity index (χ1) is 15.0. The molecule has 1 amide bonds. The minimum atomic E-state index is -0.856. The van der Waals surface area contributed by atoms with E-state index in [-0.39, 0.29) is 35.2 Å². The van der Waals surface area contributed by atoms with E-state index in [1.54, 1.807) is 12.1 Å². The summed E-state index contributed by atoms with van der Waals surface area (Å²) in [7, 11) is 1.39. The van der Waals surface area contributed by atoms with Crippen molar-refractivity contribution in [1.82, 2.24) is 5.43 Å². The van der Waals surface area contributed by atoms with E-state index in [0.717, 1.165) is 6.07 Å². The standard InChI is InChI=1S/C23H18F2N2O4/c1-30-21-12-16(14-26-27-22(28)13-15-6-9-17(24)10-7-15)8-11-20(21)31-23(29)18-4-2-3-5-19(18)25/h2-12,14H,13H2,1H3,(H,27,28)/b26-14+. The van der Waals surface area contributed by atoms with Crippen molar-refractivity contribution in [3.05, 3.63) is 95.1 Å². The predicted octanol–water partition coefficient (Wildman–Crippen LogP) is 3.89. The van der Waals surface area contributed by atoms with Gasteiger partial charge in [-0.1, -0.05) is 24.3 Å². The number of hydrogen-bond donors (Lipinski definition) is 1. The van der Waals surface area contributed by atoms with Gasteiger partial charge in [-0.15, -0.1) is 0 Å². The summed E-state index contributed by atoms with van der Waals surface area (Å²) >= 11 is 0. The number of halogens is 2. The number of carbonyl (C=O) groups excluding carboxylic acids is 2. The summed E-state index contributed by atoms with van der Waals surface area (Å²) < 4.78 is 37.1. The summed E-state index contributed by atoms with van der Waals surface area (Å²) in [6.07, 6.45) is 1.43. The second-order valence-corrected chi connectivity index (χ2v) is 6.38. The van der Waals surface area contributed by atoms with Crippen LogP contribution in [0.4, 0.5) is 8.78 Å². The molecule has 0 spiro atoms. The van der Waals surface area contributed by atoms with E-state index < -0.39 is 11.8 Å². The maximum atomic E-state index is 13.7. The van der Waals surface area contributed by atoms with Crippen molar-refractivity contribution in [2.75, 3.05) is 7.11 Å². The molecule has 0 aliphatic heterocycles. The first-order valence-corrected chi connectivity index (χ1v) is 9.17. The quantitative estimate of drug-likeness (QED) is 0.270. The lowest BCUT2D eigenvalue weighted by atomic mass is 10.1. The SMILES string of the molecule is COc1cc(/C=N/NC(=O)Cc2ccc(F)cc2)ccc1OC(=O)c1ccccc1F. The number of methoxy groups -OCH3 is 1. The zero-order valence-corrected chi connectivity index (χ0v) is 16.5. The number of hydrazone groups is 1. The number of amides is 1. The van der Waals surface area contributed by atoms with Gasteiger partial charge in [-0.3, -0.25) is 4.79 Å². The van der Waals surface area contributed by atoms with Gasteiger partial charge in [-0.2, -0.15) is 5.10 Å². The Labute approximate surface area is 177 Å². The number of carbonyl (C=O) groups is 2. The molecule has 6 nitrogen and oxygen atoms in total. The third kappa shape index (κ3) is 5.96. The first-order valence-electron chi connectivity index (χ1n) is 9.17. The Morgan fingerprint density at radius 2 is 1.74 bits per heavy atom. The molecule has 0 aliphatic rings. The smallest absolute Gasteiger partial charge is 0.346 e. The molecule has 0 fully saturated rings. The number of hydrogen-bond acceptors (Lipinski definition) is 5. The molecular weight excluding hydrogens is 406 g/mol. The fourth-order valence-electron chi connectivity index (χ4n) is 2.64. The summed E-state index contributed by atoms with van der Waals surface area (Å²) in [6.45, 7) is 0. The number of esters is 1. The predicted molar refractivity (Wildman–Crippen MR) is 110 cm³/mol. The van der Waals surface area contributed by atoms with Crippen molar-refractivity contribution in [2.45, 2.75) is 6.42 Å². The van der Waals surface area contributed by atoms with Gasteiger partial charge < -0.3 is 9.47 Å². The van der Waals surface area contributed by atoms with Gasteiger partial charge >= 0.3 is 5.97 Å². The molecule has 0 saturated carbocycles. The van der Waals surface area contributed by atoms with Crippen LogP contribution in [0, 0.1) is 11.6 Å². The van der Waals surface area contributed by atoms with Crippen molar-refractivity contribution in [3.8, 4) is 11.5 Å². The Bertz CT molecular complexity index is 1110. The molecule has 1 N–H and O–H groups in total. The van der Waals surface area contributed by atoms with E-state index in [2.05, 4.69) is 10.5 Å². The molecule has 3 aromatic rings. The monoisotopic (exact) mass is 424 g/mol. The van der Waals surface area contributed by atoms with Crippen LogP contribution in [0.3, 0.4) is 0 Å². The molecule has 0 saturated heterocycles. The molecule has 158 valence electrons. The third-order valence-electron chi connectivity index (χ3n) is 4.16. The van der Waals surface area contributed by atoms with Crippen molar-refractivity contribution in [3.63, 3.8) is 0 Å². The van der Waals surface area contributed by atoms with Crippen LogP contribution in [0.5, 0.6) is 11.5 Å². The molecule has 3 rings (SSSR count). The molecule has 0 heterocycles. The van der Waals surface area contributed by atoms with Crippen LogP contribution >= 0.6 is 0 Å². The maximum Gasteiger partial charge on any atom is 0.346 e. The number of benzene rings is 3. The van der Waals surface area contributed by atoms with E-state index in [9.17, 15) is 18.4 Å². The van der Waals surface area contributed by atoms with Gasteiger partial charge in [0.15, 0.2) is 11.5 Å². The second-order valence-electron chi connectivity index (χ2n) is 6.38. The van der Waals surface area contributed by atoms with E-state index in [1.807, 2.05) is 0 Å². The van der Waals surface area contributed by atoms with Gasteiger partial charge in [0.25, 0.3) is 0 Å². The average Bonchev–Trinajstić information content (AvgIpc) is 2.76. The molecule has 0 aromatic heterocycles. The number of nitrogens with one attached hydrogen (secondary N) is 1. The zero-order valence-electron chi connectivity index (χ0n) is 16.5. The Balaban J connectivity index is 1.62. The van der Waals surface area contributed by atoms with E-state index >= 15 is 0 Å². The van der Waals surface area contributed by atoms with Crippen LogP contribution in [0.15, 0.2) is 71.8 Å². The summed E-state index contributed by atoms with van der Waals surface area (Å²) in [5.74, 6) is -1.96. The van der Waals surface area contributed by atoms with Gasteiger partial charge in [-0.25, -0.2) is 19.0 Å². The summed E-state index contributed by atoms with van der Waals surface area (Å²) in [4.78, 5) is 24.1. The molecule has 31 heavy (non-hydrogen) atoms. The number of nitrogens with zero attached hydrogens (tertiary/aromatic N) is 1. The molecule has 8 heteroatoms. The van der Waals surface area contributed by atoms with Crippen LogP contribution in [0.1, 0.15) is 21.5 Å². The van der Waals surface area contributed by atoms with Crippen molar-refractivity contribution in [1.29, 1.82) is 0 Å². The molecular formula is C23H18F2N2O4. The normalized spacial score (nSPS) is 10.7. The van der Waals surface area contributed by atoms with Gasteiger partial charge in [0.05, 0.1) is 25.3 Å². The third-order valence-corrected chi connectivity index (χ3v) is 4.16. The van der Waals surface area contributed by atoms with Crippen molar-refractivity contribution >= 4 is 18.1 Å². The van der Waals surface area contributed by atoms with Crippen LogP contribution in [-0.2, 0) is 11.2 Å². The highest BCUT2D eigenvalue weighted by atomic mass is 19.1. The Kier molecular flexibility index (Phi) is 7.05. The fourth-order valence-corrected chi connectivity index (χ4v) is 2.64. The number of rotatable bonds is 7. The van der Waals surface area contributed by atoms with Gasteiger partial charge in [-0.05, 0) is 53.6 Å². The van der Waals surface area contributed by atoms with Crippen LogP contribution in [-0.4, -0.2) is 25.2 Å². The molecule has 0 aliphatic carbocycles. The summed E-state index contributed by atoms with van der Waals surface area (Å²) in [5, 5.41) is 3.87. The van der Waals surface area contributed by atoms with Gasteiger partial charge in [0.2, 0.25) is 5.91 Å². The Morgan fingerprint density at radius 1 is 1.00 bits per heavy atom. The molecule has 0 unspecified atom stereocenters. The average molecular weight is 424 g/mol. The van der Waals surface area contributed by atoms with Crippen LogP contribution in [0.25, 0.3) is 0 Å².